The van der Waals surface area contributed by atoms with E-state index in [4.69, 9.17) is 14.6 Å². The van der Waals surface area contributed by atoms with E-state index in [-0.39, 0.29) is 5.75 Å². The summed E-state index contributed by atoms with van der Waals surface area (Å²) >= 11 is 0. The van der Waals surface area contributed by atoms with Gasteiger partial charge in [-0.1, -0.05) is 6.07 Å². The van der Waals surface area contributed by atoms with Crippen LogP contribution in [0.1, 0.15) is 24.8 Å². The van der Waals surface area contributed by atoms with Gasteiger partial charge in [0.2, 0.25) is 0 Å². The molecule has 0 aromatic heterocycles. The Bertz CT molecular complexity index is 907. The third kappa shape index (κ3) is 6.17. The molecule has 0 heterocycles. The van der Waals surface area contributed by atoms with E-state index in [9.17, 15) is 44.7 Å². The monoisotopic (exact) mass is 440 g/mol. The minimum absolute atomic E-state index is 0.307. The number of rotatable bonds is 7. The number of aliphatic hydroxyl groups is 2. The van der Waals surface area contributed by atoms with E-state index in [1.165, 1.54) is 18.2 Å². The van der Waals surface area contributed by atoms with Crippen LogP contribution in [-0.4, -0.2) is 78.4 Å². The van der Waals surface area contributed by atoms with Crippen LogP contribution in [0.5, 0.6) is 11.5 Å². The number of esters is 2. The average Bonchev–Trinajstić information content (AvgIpc) is 2.64. The van der Waals surface area contributed by atoms with Crippen LogP contribution in [0.25, 0.3) is 6.08 Å². The second kappa shape index (κ2) is 9.45. The van der Waals surface area contributed by atoms with Gasteiger partial charge in [-0.05, 0) is 23.8 Å². The van der Waals surface area contributed by atoms with E-state index in [2.05, 4.69) is 0 Å². The molecular weight excluding hydrogens is 420 g/mol. The molecule has 0 aliphatic heterocycles. The molecule has 1 aliphatic carbocycles. The number of carboxylic acid groups (broad SMARTS) is 2. The third-order valence-electron chi connectivity index (χ3n) is 4.47. The van der Waals surface area contributed by atoms with Crippen molar-refractivity contribution in [2.75, 3.05) is 0 Å². The van der Waals surface area contributed by atoms with Crippen LogP contribution in [-0.2, 0) is 28.7 Å². The standard InChI is InChI=1S/C19H20O12/c20-10-3-1-9(5-11(10)21)2-4-15(25)31-17-12(22)7-19(29,18(27)28)8-13(17)30-16(26)6-14(23)24/h1-5,12-13,17,20-22,29H,6-8H2,(H,23,24)(H,27,28)/t12-,13-,17-,19+/m1/s1. The maximum Gasteiger partial charge on any atom is 0.335 e. The summed E-state index contributed by atoms with van der Waals surface area (Å²) in [5, 5.41) is 56.9. The second-order valence-corrected chi connectivity index (χ2v) is 6.89. The summed E-state index contributed by atoms with van der Waals surface area (Å²) in [5.74, 6) is -6.36. The van der Waals surface area contributed by atoms with Crippen molar-refractivity contribution in [2.45, 2.75) is 43.2 Å². The van der Waals surface area contributed by atoms with Crippen molar-refractivity contribution in [3.8, 4) is 11.5 Å². The number of phenolic OH excluding ortho intramolecular Hbond substituents is 2. The van der Waals surface area contributed by atoms with Crippen molar-refractivity contribution in [3.63, 3.8) is 0 Å². The lowest BCUT2D eigenvalue weighted by molar-refractivity contribution is -0.206. The van der Waals surface area contributed by atoms with Crippen LogP contribution >= 0.6 is 0 Å². The van der Waals surface area contributed by atoms with E-state index in [1.807, 2.05) is 0 Å². The number of phenols is 2. The Hall–Kier alpha value is -3.64. The van der Waals surface area contributed by atoms with Crippen LogP contribution in [0, 0.1) is 0 Å². The molecule has 0 radical (unpaired) electrons. The Morgan fingerprint density at radius 1 is 1.06 bits per heavy atom. The van der Waals surface area contributed by atoms with Gasteiger partial charge in [-0.15, -0.1) is 0 Å². The van der Waals surface area contributed by atoms with E-state index in [1.54, 1.807) is 0 Å². The van der Waals surface area contributed by atoms with Crippen LogP contribution in [0.3, 0.4) is 0 Å². The van der Waals surface area contributed by atoms with E-state index < -0.39 is 72.8 Å². The molecule has 1 aromatic carbocycles. The summed E-state index contributed by atoms with van der Waals surface area (Å²) in [6.45, 7) is 0. The molecular formula is C19H20O12. The molecule has 1 aromatic rings. The van der Waals surface area contributed by atoms with E-state index in [0.717, 1.165) is 12.1 Å². The van der Waals surface area contributed by atoms with Gasteiger partial charge in [0.1, 0.15) is 12.5 Å². The molecule has 4 atom stereocenters. The lowest BCUT2D eigenvalue weighted by Gasteiger charge is -2.40. The van der Waals surface area contributed by atoms with Crippen LogP contribution in [0.15, 0.2) is 24.3 Å². The molecule has 2 rings (SSSR count). The van der Waals surface area contributed by atoms with Gasteiger partial charge < -0.3 is 40.1 Å². The molecule has 1 aliphatic rings. The minimum atomic E-state index is -2.49. The third-order valence-corrected chi connectivity index (χ3v) is 4.47. The first-order valence-corrected chi connectivity index (χ1v) is 8.87. The van der Waals surface area contributed by atoms with Gasteiger partial charge in [-0.2, -0.15) is 0 Å². The van der Waals surface area contributed by atoms with Crippen LogP contribution in [0.4, 0.5) is 0 Å². The number of aliphatic hydroxyl groups excluding tert-OH is 1. The van der Waals surface area contributed by atoms with Crippen molar-refractivity contribution < 1.29 is 59.3 Å². The zero-order valence-electron chi connectivity index (χ0n) is 15.9. The summed E-state index contributed by atoms with van der Waals surface area (Å²) < 4.78 is 9.91. The van der Waals surface area contributed by atoms with Crippen molar-refractivity contribution in [2.24, 2.45) is 0 Å². The molecule has 0 saturated heterocycles. The highest BCUT2D eigenvalue weighted by Crippen LogP contribution is 2.33. The first kappa shape index (κ1) is 23.6. The Labute approximate surface area is 174 Å². The summed E-state index contributed by atoms with van der Waals surface area (Å²) in [6.07, 6.45) is -5.41. The minimum Gasteiger partial charge on any atom is -0.504 e. The van der Waals surface area contributed by atoms with Gasteiger partial charge in [0.05, 0.1) is 6.10 Å². The highest BCUT2D eigenvalue weighted by molar-refractivity contribution is 5.90. The average molecular weight is 440 g/mol. The van der Waals surface area contributed by atoms with E-state index >= 15 is 0 Å². The first-order valence-electron chi connectivity index (χ1n) is 8.87. The fourth-order valence-corrected chi connectivity index (χ4v) is 3.00. The van der Waals surface area contributed by atoms with Crippen LogP contribution < -0.4 is 0 Å². The zero-order valence-corrected chi connectivity index (χ0v) is 15.9. The summed E-state index contributed by atoms with van der Waals surface area (Å²) in [7, 11) is 0. The number of benzene rings is 1. The number of carboxylic acids is 2. The maximum absolute atomic E-state index is 12.1. The van der Waals surface area contributed by atoms with Gasteiger partial charge in [0.25, 0.3) is 0 Å². The second-order valence-electron chi connectivity index (χ2n) is 6.89. The Kier molecular flexibility index (Phi) is 7.20. The molecule has 1 saturated carbocycles. The molecule has 0 unspecified atom stereocenters. The smallest absolute Gasteiger partial charge is 0.335 e. The number of aromatic hydroxyl groups is 2. The maximum atomic E-state index is 12.1. The predicted molar refractivity (Wildman–Crippen MR) is 98.6 cm³/mol. The first-order chi connectivity index (χ1) is 14.4. The molecule has 31 heavy (non-hydrogen) atoms. The van der Waals surface area contributed by atoms with Crippen molar-refractivity contribution in [3.05, 3.63) is 29.8 Å². The van der Waals surface area contributed by atoms with Gasteiger partial charge >= 0.3 is 23.9 Å². The summed E-state index contributed by atoms with van der Waals surface area (Å²) in [6, 6.07) is 3.70. The predicted octanol–water partition coefficient (Wildman–Crippen LogP) is -0.620. The number of ether oxygens (including phenoxy) is 2. The normalized spacial score (nSPS) is 25.7. The van der Waals surface area contributed by atoms with E-state index in [0.29, 0.717) is 5.56 Å². The van der Waals surface area contributed by atoms with Crippen LogP contribution in [0.2, 0.25) is 0 Å². The number of hydrogen-bond acceptors (Lipinski definition) is 10. The Morgan fingerprint density at radius 3 is 2.32 bits per heavy atom. The molecule has 0 spiro atoms. The molecule has 0 bridgehead atoms. The molecule has 168 valence electrons. The van der Waals surface area contributed by atoms with Crippen molar-refractivity contribution in [1.82, 2.24) is 0 Å². The van der Waals surface area contributed by atoms with Gasteiger partial charge in [-0.3, -0.25) is 9.59 Å². The van der Waals surface area contributed by atoms with Crippen molar-refractivity contribution >= 4 is 30.0 Å². The molecule has 1 fully saturated rings. The SMILES string of the molecule is O=C(O)CC(=O)O[C@@H]1C[C@](O)(C(=O)O)C[C@@H](O)[C@H]1OC(=O)C=Cc1ccc(O)c(O)c1. The molecule has 6 N–H and O–H groups in total. The number of hydrogen-bond donors (Lipinski definition) is 6. The number of carbonyl (C=O) groups is 4. The highest BCUT2D eigenvalue weighted by atomic mass is 16.6. The molecule has 12 heteroatoms. The number of carbonyl (C=O) groups excluding carboxylic acids is 2. The lowest BCUT2D eigenvalue weighted by Crippen LogP contribution is -2.58. The molecule has 12 nitrogen and oxygen atoms in total. The summed E-state index contributed by atoms with van der Waals surface area (Å²) in [5.41, 5.74) is -2.18. The van der Waals surface area contributed by atoms with Gasteiger partial charge in [-0.25, -0.2) is 9.59 Å². The van der Waals surface area contributed by atoms with Gasteiger partial charge in [0, 0.05) is 18.9 Å². The van der Waals surface area contributed by atoms with Crippen molar-refractivity contribution in [1.29, 1.82) is 0 Å². The van der Waals surface area contributed by atoms with Gasteiger partial charge in [0.15, 0.2) is 23.2 Å². The Morgan fingerprint density at radius 2 is 1.74 bits per heavy atom. The number of aliphatic carboxylic acids is 2. The quantitative estimate of drug-likeness (QED) is 0.136. The zero-order chi connectivity index (χ0) is 23.3. The fraction of sp³-hybridized carbons (Fsp3) is 0.368. The summed E-state index contributed by atoms with van der Waals surface area (Å²) in [4.78, 5) is 45.8. The molecule has 0 amide bonds. The lowest BCUT2D eigenvalue weighted by atomic mass is 9.79. The highest BCUT2D eigenvalue weighted by Gasteiger charge is 2.52. The topological polar surface area (TPSA) is 208 Å². The fourth-order valence-electron chi connectivity index (χ4n) is 3.00. The Balaban J connectivity index is 2.17. The largest absolute Gasteiger partial charge is 0.504 e.